The van der Waals surface area contributed by atoms with Crippen LogP contribution in [0.1, 0.15) is 33.5 Å². The maximum atomic E-state index is 13.3. The Balaban J connectivity index is 0.000000156. The molecule has 0 aliphatic heterocycles. The summed E-state index contributed by atoms with van der Waals surface area (Å²) in [5, 5.41) is 40.5. The van der Waals surface area contributed by atoms with Crippen LogP contribution in [-0.2, 0) is 36.8 Å². The molecule has 9 heterocycles. The van der Waals surface area contributed by atoms with Gasteiger partial charge in [-0.25, -0.2) is 49.1 Å². The number of carboxylic acid groups (broad SMARTS) is 1. The van der Waals surface area contributed by atoms with Crippen molar-refractivity contribution in [2.75, 3.05) is 69.5 Å². The third kappa shape index (κ3) is 21.9. The maximum absolute atomic E-state index is 13.3. The first-order chi connectivity index (χ1) is 57.9. The maximum Gasteiger partial charge on any atom is 0.416 e. The number of aliphatic carboxylic acids is 1. The molecule has 0 atom stereocenters. The van der Waals surface area contributed by atoms with Crippen LogP contribution in [0.3, 0.4) is 0 Å². The van der Waals surface area contributed by atoms with Crippen LogP contribution >= 0.6 is 11.6 Å². The molecule has 120 heavy (non-hydrogen) atoms. The lowest BCUT2D eigenvalue weighted by molar-refractivity contribution is -0.140. The van der Waals surface area contributed by atoms with E-state index >= 15 is 0 Å². The van der Waals surface area contributed by atoms with E-state index in [2.05, 4.69) is 72.4 Å². The van der Waals surface area contributed by atoms with Gasteiger partial charge in [0.2, 0.25) is 5.65 Å². The van der Waals surface area contributed by atoms with Crippen LogP contribution in [-0.4, -0.2) is 119 Å². The summed E-state index contributed by atoms with van der Waals surface area (Å²) in [7, 11) is 1.52. The zero-order valence-corrected chi connectivity index (χ0v) is 63.8. The normalized spacial score (nSPS) is 11.1. The summed E-state index contributed by atoms with van der Waals surface area (Å²) in [5.74, 6) is 0.408. The Morgan fingerprint density at radius 1 is 0.458 bits per heavy atom. The summed E-state index contributed by atoms with van der Waals surface area (Å²) in [6, 6.07) is 40.3. The Labute approximate surface area is 682 Å². The molecule has 10 N–H and O–H groups in total. The summed E-state index contributed by atoms with van der Waals surface area (Å²) < 4.78 is 107. The zero-order chi connectivity index (χ0) is 84.3. The Kier molecular flexibility index (Phi) is 26.0. The van der Waals surface area contributed by atoms with Gasteiger partial charge in [-0.15, -0.1) is 0 Å². The van der Waals surface area contributed by atoms with Crippen LogP contribution in [0.5, 0.6) is 23.1 Å². The SMILES string of the molecule is COc1ccc(Cl)cc1NC(=O)Nc1cccc(-c2cn3ccnc3c(OCc3ccnc(C)c3)n2)c1.O=C(Nc1cccc(-c2cn3ccnc3c(NCc3ccncc3)n2)c1)Nc1cc(C(F)(F)F)ccc1OCCO.O=C(O)COc1ccc(C(F)(F)F)cc1NC(=O)Nc1cccc(-c2cn3ccnc3c(NCc3ccncc3)n2)c1. The van der Waals surface area contributed by atoms with Crippen molar-refractivity contribution in [3.63, 3.8) is 0 Å². The largest absolute Gasteiger partial charge is 0.495 e. The standard InChI is InChI=1S/C28H22F3N7O4.C28H24F3N7O3.C27H23ClN6O3/c29-28(30,31)19-4-5-23(42-16-24(39)40)21(13-19)37-27(41)35-20-3-1-2-18(12-20)22-15-38-11-10-33-26(38)25(36-22)34-14-17-6-8-32-9-7-17;29-28(30,31)20-4-5-24(41-13-12-39)22(15-20)37-27(40)35-21-3-1-2-19(14-21)23-17-38-11-10-33-26(38)25(36-23)34-16-18-6-8-32-9-7-18;1-17-12-18(8-9-29-17)16-37-26-25-30-10-11-34(25)15-23(32-26)19-4-3-5-21(13-19)31-27(35)33-22-14-20(28)6-7-24(22)36-2/h1-13,15H,14,16H2,(H,34,36)(H,39,40)(H2,35,37,41);1-11,14-15,17,39H,12-13,16H2,(H,34,36)(H2,35,37,40);3-15H,16H2,1-2H3,(H2,31,33,35). The number of imidazole rings is 3. The number of anilines is 8. The molecule has 0 aliphatic rings. The zero-order valence-electron chi connectivity index (χ0n) is 63.1. The van der Waals surface area contributed by atoms with E-state index in [1.165, 1.54) is 7.11 Å². The van der Waals surface area contributed by atoms with E-state index in [9.17, 15) is 45.5 Å². The molecule has 6 aromatic carbocycles. The van der Waals surface area contributed by atoms with Crippen LogP contribution < -0.4 is 61.5 Å². The molecule has 0 bridgehead atoms. The van der Waals surface area contributed by atoms with Gasteiger partial charge >= 0.3 is 36.4 Å². The number of rotatable bonds is 25. The number of carboxylic acids is 1. The van der Waals surface area contributed by atoms with Crippen molar-refractivity contribution >= 4 is 98.4 Å². The first kappa shape index (κ1) is 82.5. The van der Waals surface area contributed by atoms with E-state index in [1.807, 2.05) is 88.8 Å². The lowest BCUT2D eigenvalue weighted by Gasteiger charge is -2.16. The molecular formula is C83H69ClF6N20O10. The predicted octanol–water partition coefficient (Wildman–Crippen LogP) is 17.0. The van der Waals surface area contributed by atoms with Gasteiger partial charge in [-0.05, 0) is 151 Å². The first-order valence-corrected chi connectivity index (χ1v) is 36.5. The fraction of sp³-hybridized carbons (Fsp3) is 0.120. The topological polar surface area (TPSA) is 371 Å². The monoisotopic (exact) mass is 1650 g/mol. The van der Waals surface area contributed by atoms with E-state index in [0.717, 1.165) is 58.3 Å². The number of carbonyl (C=O) groups is 4. The number of halogens is 7. The number of aliphatic hydroxyl groups is 1. The summed E-state index contributed by atoms with van der Waals surface area (Å²) >= 11 is 6.06. The highest BCUT2D eigenvalue weighted by atomic mass is 35.5. The second-order valence-corrected chi connectivity index (χ2v) is 26.3. The minimum Gasteiger partial charge on any atom is -0.495 e. The molecule has 0 unspecified atom stereocenters. The number of nitrogens with one attached hydrogen (secondary N) is 8. The average Bonchev–Trinajstić information content (AvgIpc) is 1.60. The van der Waals surface area contributed by atoms with Gasteiger partial charge in [0.05, 0.1) is 59.0 Å². The van der Waals surface area contributed by atoms with Crippen LogP contribution in [0.15, 0.2) is 251 Å². The first-order valence-electron chi connectivity index (χ1n) is 36.1. The van der Waals surface area contributed by atoms with Crippen LogP contribution in [0.4, 0.5) is 86.5 Å². The molecule has 6 amide bonds. The molecule has 610 valence electrons. The van der Waals surface area contributed by atoms with Crippen molar-refractivity contribution in [1.82, 2.24) is 58.1 Å². The van der Waals surface area contributed by atoms with Gasteiger partial charge in [-0.3, -0.25) is 15.0 Å². The Morgan fingerprint density at radius 3 is 1.34 bits per heavy atom. The molecule has 9 aromatic heterocycles. The van der Waals surface area contributed by atoms with E-state index in [1.54, 1.807) is 145 Å². The van der Waals surface area contributed by atoms with Gasteiger partial charge in [-0.2, -0.15) is 26.3 Å². The van der Waals surface area contributed by atoms with Gasteiger partial charge in [0.1, 0.15) is 30.5 Å². The predicted molar refractivity (Wildman–Crippen MR) is 436 cm³/mol. The number of ether oxygens (including phenoxy) is 4. The lowest BCUT2D eigenvalue weighted by Crippen LogP contribution is -2.21. The van der Waals surface area contributed by atoms with Crippen LogP contribution in [0.2, 0.25) is 5.02 Å². The number of pyridine rings is 3. The smallest absolute Gasteiger partial charge is 0.416 e. The molecule has 0 spiro atoms. The number of nitrogens with zero attached hydrogens (tertiary/aromatic N) is 12. The van der Waals surface area contributed by atoms with Gasteiger partial charge in [-0.1, -0.05) is 48.0 Å². The van der Waals surface area contributed by atoms with Gasteiger partial charge < -0.3 is 84.9 Å². The Bertz CT molecular complexity index is 6170. The fourth-order valence-corrected chi connectivity index (χ4v) is 12.0. The van der Waals surface area contributed by atoms with E-state index in [-0.39, 0.29) is 36.1 Å². The number of aromatic nitrogens is 12. The van der Waals surface area contributed by atoms with Gasteiger partial charge in [0, 0.05) is 144 Å². The molecule has 0 saturated heterocycles. The molecule has 0 aliphatic carbocycles. The number of carbonyl (C=O) groups excluding carboxylic acids is 3. The van der Waals surface area contributed by atoms with Crippen molar-refractivity contribution in [3.05, 3.63) is 289 Å². The number of methoxy groups -OCH3 is 1. The fourth-order valence-electron chi connectivity index (χ4n) is 11.8. The second kappa shape index (κ2) is 37.9. The molecule has 30 nitrogen and oxygen atoms in total. The van der Waals surface area contributed by atoms with E-state index in [0.29, 0.717) is 122 Å². The van der Waals surface area contributed by atoms with E-state index in [4.69, 9.17) is 55.7 Å². The van der Waals surface area contributed by atoms with Crippen molar-refractivity contribution in [3.8, 4) is 56.9 Å². The Morgan fingerprint density at radius 2 is 0.892 bits per heavy atom. The quantitative estimate of drug-likeness (QED) is 0.0238. The third-order valence-corrected chi connectivity index (χ3v) is 17.6. The molecule has 0 radical (unpaired) electrons. The number of amides is 6. The van der Waals surface area contributed by atoms with Crippen LogP contribution in [0, 0.1) is 6.92 Å². The summed E-state index contributed by atoms with van der Waals surface area (Å²) in [6.07, 6.45) is 15.1. The van der Waals surface area contributed by atoms with Crippen LogP contribution in [0.25, 0.3) is 50.7 Å². The van der Waals surface area contributed by atoms with E-state index < -0.39 is 54.1 Å². The van der Waals surface area contributed by atoms with Gasteiger partial charge in [0.25, 0.3) is 5.88 Å². The summed E-state index contributed by atoms with van der Waals surface area (Å²) in [4.78, 5) is 88.7. The van der Waals surface area contributed by atoms with Crippen molar-refractivity contribution in [2.24, 2.45) is 0 Å². The molecular weight excluding hydrogens is 1590 g/mol. The number of fused-ring (bicyclic) bond motifs is 3. The second-order valence-electron chi connectivity index (χ2n) is 25.9. The number of alkyl halides is 6. The van der Waals surface area contributed by atoms with Crippen molar-refractivity contribution in [2.45, 2.75) is 39.0 Å². The average molecular weight is 1660 g/mol. The molecule has 0 fully saturated rings. The highest BCUT2D eigenvalue weighted by Crippen LogP contribution is 2.39. The lowest BCUT2D eigenvalue weighted by atomic mass is 10.1. The third-order valence-electron chi connectivity index (χ3n) is 17.3. The molecule has 37 heteroatoms. The summed E-state index contributed by atoms with van der Waals surface area (Å²) in [6.45, 7) is 1.94. The number of hydrogen-bond donors (Lipinski definition) is 10. The highest BCUT2D eigenvalue weighted by molar-refractivity contribution is 6.31. The van der Waals surface area contributed by atoms with Crippen molar-refractivity contribution < 1.29 is 74.7 Å². The summed E-state index contributed by atoms with van der Waals surface area (Å²) in [5.41, 5.74) is 8.88. The van der Waals surface area contributed by atoms with Crippen molar-refractivity contribution in [1.29, 1.82) is 0 Å². The number of aryl methyl sites for hydroxylation is 1. The number of urea groups is 3. The molecule has 15 aromatic rings. The highest BCUT2D eigenvalue weighted by Gasteiger charge is 2.33. The number of benzene rings is 6. The molecule has 0 saturated carbocycles. The number of hydrogen-bond acceptors (Lipinski definition) is 20. The van der Waals surface area contributed by atoms with Gasteiger partial charge in [0.15, 0.2) is 29.5 Å². The minimum absolute atomic E-state index is 0.0134. The Hall–Kier alpha value is -15.5. The molecule has 15 rings (SSSR count). The number of aliphatic hydroxyl groups excluding tert-OH is 1. The minimum atomic E-state index is -4.69.